The SMILES string of the molecule is CCC(C#N)(CC)C(=O)NCCc1ccsc1. The average Bonchev–Trinajstić information content (AvgIpc) is 2.85. The molecule has 1 rings (SSSR count). The summed E-state index contributed by atoms with van der Waals surface area (Å²) in [5, 5.41) is 16.1. The Morgan fingerprint density at radius 2 is 2.24 bits per heavy atom. The van der Waals surface area contributed by atoms with Crippen LogP contribution in [0.25, 0.3) is 0 Å². The lowest BCUT2D eigenvalue weighted by molar-refractivity contribution is -0.128. The maximum atomic E-state index is 12.0. The maximum absolute atomic E-state index is 12.0. The third-order valence-corrected chi connectivity index (χ3v) is 3.87. The van der Waals surface area contributed by atoms with Gasteiger partial charge < -0.3 is 5.32 Å². The molecule has 1 heterocycles. The second-order valence-corrected chi connectivity index (χ2v) is 4.82. The zero-order valence-corrected chi connectivity index (χ0v) is 11.1. The van der Waals surface area contributed by atoms with Crippen LogP contribution in [0.4, 0.5) is 0 Å². The van der Waals surface area contributed by atoms with Gasteiger partial charge in [-0.15, -0.1) is 0 Å². The Balaban J connectivity index is 2.46. The van der Waals surface area contributed by atoms with Crippen molar-refractivity contribution in [3.05, 3.63) is 22.4 Å². The summed E-state index contributed by atoms with van der Waals surface area (Å²) in [6.07, 6.45) is 1.94. The minimum atomic E-state index is -0.853. The van der Waals surface area contributed by atoms with Crippen LogP contribution in [0, 0.1) is 16.7 Å². The first-order valence-corrected chi connectivity index (χ1v) is 6.83. The minimum absolute atomic E-state index is 0.139. The van der Waals surface area contributed by atoms with E-state index in [0.717, 1.165) is 6.42 Å². The summed E-state index contributed by atoms with van der Waals surface area (Å²) < 4.78 is 0. The van der Waals surface area contributed by atoms with Crippen LogP contribution in [0.1, 0.15) is 32.3 Å². The van der Waals surface area contributed by atoms with Gasteiger partial charge in [-0.25, -0.2) is 0 Å². The normalized spacial score (nSPS) is 10.9. The molecule has 4 heteroatoms. The lowest BCUT2D eigenvalue weighted by atomic mass is 9.83. The molecule has 3 nitrogen and oxygen atoms in total. The van der Waals surface area contributed by atoms with Crippen LogP contribution in [-0.2, 0) is 11.2 Å². The van der Waals surface area contributed by atoms with Crippen molar-refractivity contribution >= 4 is 17.2 Å². The lowest BCUT2D eigenvalue weighted by Crippen LogP contribution is -2.40. The van der Waals surface area contributed by atoms with Crippen LogP contribution in [0.5, 0.6) is 0 Å². The minimum Gasteiger partial charge on any atom is -0.354 e. The predicted molar refractivity (Wildman–Crippen MR) is 69.7 cm³/mol. The molecule has 92 valence electrons. The van der Waals surface area contributed by atoms with Crippen LogP contribution in [0.2, 0.25) is 0 Å². The fraction of sp³-hybridized carbons (Fsp3) is 0.538. The zero-order valence-electron chi connectivity index (χ0n) is 10.3. The molecule has 1 aromatic rings. The van der Waals surface area contributed by atoms with E-state index >= 15 is 0 Å². The van der Waals surface area contributed by atoms with Crippen LogP contribution >= 0.6 is 11.3 Å². The molecule has 1 amide bonds. The molecule has 0 aliphatic rings. The van der Waals surface area contributed by atoms with Crippen molar-refractivity contribution in [3.63, 3.8) is 0 Å². The summed E-state index contributed by atoms with van der Waals surface area (Å²) in [5.41, 5.74) is 0.375. The number of rotatable bonds is 6. The Hall–Kier alpha value is -1.34. The number of hydrogen-bond donors (Lipinski definition) is 1. The Bertz CT molecular complexity index is 388. The van der Waals surface area contributed by atoms with E-state index in [1.165, 1.54) is 5.56 Å². The van der Waals surface area contributed by atoms with E-state index in [9.17, 15) is 4.79 Å². The lowest BCUT2D eigenvalue weighted by Gasteiger charge is -2.21. The first kappa shape index (κ1) is 13.7. The van der Waals surface area contributed by atoms with Gasteiger partial charge in [0.15, 0.2) is 0 Å². The predicted octanol–water partition coefficient (Wildman–Crippen LogP) is 2.74. The molecule has 0 aliphatic carbocycles. The van der Waals surface area contributed by atoms with E-state index < -0.39 is 5.41 Å². The number of carbonyl (C=O) groups is 1. The Morgan fingerprint density at radius 3 is 2.71 bits per heavy atom. The van der Waals surface area contributed by atoms with Crippen molar-refractivity contribution in [2.75, 3.05) is 6.54 Å². The Morgan fingerprint density at radius 1 is 1.53 bits per heavy atom. The molecule has 1 aromatic heterocycles. The first-order valence-electron chi connectivity index (χ1n) is 5.89. The summed E-state index contributed by atoms with van der Waals surface area (Å²) in [5.74, 6) is -0.139. The van der Waals surface area contributed by atoms with Crippen molar-refractivity contribution in [3.8, 4) is 6.07 Å². The number of nitrogens with one attached hydrogen (secondary N) is 1. The monoisotopic (exact) mass is 250 g/mol. The van der Waals surface area contributed by atoms with Crippen molar-refractivity contribution < 1.29 is 4.79 Å². The summed E-state index contributed by atoms with van der Waals surface area (Å²) in [7, 11) is 0. The molecule has 0 saturated heterocycles. The number of carbonyl (C=O) groups excluding carboxylic acids is 1. The molecule has 0 radical (unpaired) electrons. The highest BCUT2D eigenvalue weighted by Gasteiger charge is 2.34. The third kappa shape index (κ3) is 3.31. The molecule has 0 spiro atoms. The smallest absolute Gasteiger partial charge is 0.240 e. The average molecular weight is 250 g/mol. The van der Waals surface area contributed by atoms with Crippen molar-refractivity contribution in [2.24, 2.45) is 5.41 Å². The Kier molecular flexibility index (Phi) is 5.17. The van der Waals surface area contributed by atoms with Gasteiger partial charge in [-0.2, -0.15) is 16.6 Å². The van der Waals surface area contributed by atoms with Crippen LogP contribution in [0.15, 0.2) is 16.8 Å². The summed E-state index contributed by atoms with van der Waals surface area (Å²) >= 11 is 1.65. The van der Waals surface area contributed by atoms with Gasteiger partial charge in [0.05, 0.1) is 6.07 Å². The van der Waals surface area contributed by atoms with Gasteiger partial charge in [-0.1, -0.05) is 13.8 Å². The number of amides is 1. The first-order chi connectivity index (χ1) is 8.18. The quantitative estimate of drug-likeness (QED) is 0.844. The van der Waals surface area contributed by atoms with Crippen molar-refractivity contribution in [1.82, 2.24) is 5.32 Å². The molecule has 0 fully saturated rings. The van der Waals surface area contributed by atoms with Gasteiger partial charge in [0, 0.05) is 6.54 Å². The summed E-state index contributed by atoms with van der Waals surface area (Å²) in [4.78, 5) is 12.0. The maximum Gasteiger partial charge on any atom is 0.240 e. The van der Waals surface area contributed by atoms with Crippen LogP contribution < -0.4 is 5.32 Å². The standard InChI is InChI=1S/C13H18N2OS/c1-3-13(4-2,10-14)12(16)15-7-5-11-6-8-17-9-11/h6,8-9H,3-5,7H2,1-2H3,(H,15,16). The second-order valence-electron chi connectivity index (χ2n) is 4.04. The number of nitriles is 1. The number of thiophene rings is 1. The molecular weight excluding hydrogens is 232 g/mol. The summed E-state index contributed by atoms with van der Waals surface area (Å²) in [6, 6.07) is 4.20. The molecule has 0 aliphatic heterocycles. The number of nitrogens with zero attached hydrogens (tertiary/aromatic N) is 1. The molecular formula is C13H18N2OS. The van der Waals surface area contributed by atoms with Gasteiger partial charge in [-0.05, 0) is 41.7 Å². The van der Waals surface area contributed by atoms with Crippen molar-refractivity contribution in [2.45, 2.75) is 33.1 Å². The molecule has 1 N–H and O–H groups in total. The zero-order chi connectivity index (χ0) is 12.7. The van der Waals surface area contributed by atoms with E-state index in [2.05, 4.69) is 16.8 Å². The third-order valence-electron chi connectivity index (χ3n) is 3.14. The second kappa shape index (κ2) is 6.41. The highest BCUT2D eigenvalue weighted by Crippen LogP contribution is 2.25. The highest BCUT2D eigenvalue weighted by atomic mass is 32.1. The summed E-state index contributed by atoms with van der Waals surface area (Å²) in [6.45, 7) is 4.36. The fourth-order valence-electron chi connectivity index (χ4n) is 1.70. The van der Waals surface area contributed by atoms with Crippen molar-refractivity contribution in [1.29, 1.82) is 5.26 Å². The van der Waals surface area contributed by atoms with Crippen LogP contribution in [0.3, 0.4) is 0 Å². The number of hydrogen-bond acceptors (Lipinski definition) is 3. The topological polar surface area (TPSA) is 52.9 Å². The molecule has 0 saturated carbocycles. The van der Waals surface area contributed by atoms with E-state index in [1.807, 2.05) is 25.3 Å². The van der Waals surface area contributed by atoms with Gasteiger partial charge in [0.25, 0.3) is 0 Å². The van der Waals surface area contributed by atoms with Gasteiger partial charge in [0.2, 0.25) is 5.91 Å². The van der Waals surface area contributed by atoms with Gasteiger partial charge in [-0.3, -0.25) is 4.79 Å². The van der Waals surface area contributed by atoms with Gasteiger partial charge in [0.1, 0.15) is 5.41 Å². The molecule has 0 bridgehead atoms. The van der Waals surface area contributed by atoms with E-state index in [0.29, 0.717) is 19.4 Å². The molecule has 17 heavy (non-hydrogen) atoms. The van der Waals surface area contributed by atoms with E-state index in [4.69, 9.17) is 5.26 Å². The fourth-order valence-corrected chi connectivity index (χ4v) is 2.41. The highest BCUT2D eigenvalue weighted by molar-refractivity contribution is 7.07. The van der Waals surface area contributed by atoms with E-state index in [1.54, 1.807) is 11.3 Å². The molecule has 0 aromatic carbocycles. The Labute approximate surface area is 106 Å². The molecule has 0 unspecified atom stereocenters. The largest absolute Gasteiger partial charge is 0.354 e. The van der Waals surface area contributed by atoms with E-state index in [-0.39, 0.29) is 5.91 Å². The molecule has 0 atom stereocenters. The van der Waals surface area contributed by atoms with Gasteiger partial charge >= 0.3 is 0 Å². The van der Waals surface area contributed by atoms with Crippen LogP contribution in [-0.4, -0.2) is 12.5 Å².